The number of amides is 2. The fourth-order valence-corrected chi connectivity index (χ4v) is 3.68. The number of rotatable bonds is 9. The highest BCUT2D eigenvalue weighted by Crippen LogP contribution is 2.31. The van der Waals surface area contributed by atoms with Crippen LogP contribution >= 0.6 is 11.8 Å². The van der Waals surface area contributed by atoms with Crippen LogP contribution in [0.3, 0.4) is 0 Å². The first-order chi connectivity index (χ1) is 13.0. The molecule has 1 unspecified atom stereocenters. The van der Waals surface area contributed by atoms with E-state index in [1.807, 2.05) is 38.1 Å². The summed E-state index contributed by atoms with van der Waals surface area (Å²) in [6, 6.07) is 7.27. The lowest BCUT2D eigenvalue weighted by molar-refractivity contribution is -0.143. The van der Waals surface area contributed by atoms with Crippen molar-refractivity contribution in [1.82, 2.24) is 10.6 Å². The van der Waals surface area contributed by atoms with Gasteiger partial charge in [-0.15, -0.1) is 11.8 Å². The van der Waals surface area contributed by atoms with Crippen LogP contribution in [0.2, 0.25) is 0 Å². The van der Waals surface area contributed by atoms with E-state index in [0.29, 0.717) is 17.7 Å². The van der Waals surface area contributed by atoms with Crippen LogP contribution < -0.4 is 10.6 Å². The number of benzene rings is 1. The molecular weight excluding hydrogens is 360 g/mol. The predicted octanol–water partition coefficient (Wildman–Crippen LogP) is 4.94. The summed E-state index contributed by atoms with van der Waals surface area (Å²) in [4.78, 5) is 26.2. The molecule has 1 aliphatic heterocycles. The second kappa shape index (κ2) is 10.4. The van der Waals surface area contributed by atoms with Crippen LogP contribution in [0.5, 0.6) is 0 Å². The number of thioether (sulfide) groups is 1. The van der Waals surface area contributed by atoms with E-state index in [9.17, 15) is 9.59 Å². The van der Waals surface area contributed by atoms with E-state index in [4.69, 9.17) is 4.74 Å². The van der Waals surface area contributed by atoms with Gasteiger partial charge in [-0.25, -0.2) is 9.59 Å². The van der Waals surface area contributed by atoms with E-state index in [2.05, 4.69) is 24.5 Å². The minimum Gasteiger partial charge on any atom is -0.459 e. The van der Waals surface area contributed by atoms with Gasteiger partial charge in [0, 0.05) is 10.6 Å². The molecular formula is C21H30N2O3S. The van der Waals surface area contributed by atoms with Crippen molar-refractivity contribution in [3.8, 4) is 0 Å². The van der Waals surface area contributed by atoms with E-state index in [1.165, 1.54) is 4.90 Å². The van der Waals surface area contributed by atoms with Gasteiger partial charge in [0.05, 0.1) is 17.7 Å². The third-order valence-corrected chi connectivity index (χ3v) is 5.40. The zero-order chi connectivity index (χ0) is 19.8. The lowest BCUT2D eigenvalue weighted by atomic mass is 9.93. The molecule has 27 heavy (non-hydrogen) atoms. The third kappa shape index (κ3) is 6.03. The number of hydrogen-bond acceptors (Lipinski definition) is 4. The molecule has 1 heterocycles. The van der Waals surface area contributed by atoms with Gasteiger partial charge in [-0.05, 0) is 56.6 Å². The van der Waals surface area contributed by atoms with Crippen LogP contribution in [-0.2, 0) is 9.53 Å². The van der Waals surface area contributed by atoms with E-state index in [1.54, 1.807) is 11.8 Å². The highest BCUT2D eigenvalue weighted by atomic mass is 32.2. The molecule has 0 saturated heterocycles. The third-order valence-electron chi connectivity index (χ3n) is 4.18. The molecule has 0 saturated carbocycles. The quantitative estimate of drug-likeness (QED) is 0.463. The Kier molecular flexibility index (Phi) is 8.23. The Morgan fingerprint density at radius 2 is 1.89 bits per heavy atom. The lowest BCUT2D eigenvalue weighted by Gasteiger charge is -2.30. The molecule has 0 fully saturated rings. The van der Waals surface area contributed by atoms with Crippen LogP contribution in [0.25, 0.3) is 0 Å². The fourth-order valence-electron chi connectivity index (χ4n) is 2.91. The van der Waals surface area contributed by atoms with E-state index < -0.39 is 6.04 Å². The highest BCUT2D eigenvalue weighted by Gasteiger charge is 2.33. The molecule has 0 aliphatic carbocycles. The predicted molar refractivity (Wildman–Crippen MR) is 110 cm³/mol. The summed E-state index contributed by atoms with van der Waals surface area (Å²) in [5, 5.41) is 5.71. The average molecular weight is 391 g/mol. The maximum atomic E-state index is 12.8. The van der Waals surface area contributed by atoms with Crippen molar-refractivity contribution in [2.45, 2.75) is 70.4 Å². The van der Waals surface area contributed by atoms with E-state index in [-0.39, 0.29) is 18.1 Å². The topological polar surface area (TPSA) is 67.4 Å². The van der Waals surface area contributed by atoms with Crippen molar-refractivity contribution in [3.63, 3.8) is 0 Å². The summed E-state index contributed by atoms with van der Waals surface area (Å²) in [7, 11) is 0. The van der Waals surface area contributed by atoms with Crippen molar-refractivity contribution in [3.05, 3.63) is 41.1 Å². The highest BCUT2D eigenvalue weighted by molar-refractivity contribution is 7.99. The zero-order valence-electron chi connectivity index (χ0n) is 16.6. The molecule has 6 heteroatoms. The molecule has 2 rings (SSSR count). The number of unbranched alkanes of at least 4 members (excludes halogenated alkanes) is 1. The van der Waals surface area contributed by atoms with Crippen LogP contribution in [0.4, 0.5) is 4.79 Å². The number of ether oxygens (including phenoxy) is 1. The normalized spacial score (nSPS) is 16.9. The molecule has 1 aliphatic rings. The molecule has 148 valence electrons. The Hall–Kier alpha value is -1.95. The Morgan fingerprint density at radius 1 is 1.19 bits per heavy atom. The number of esters is 1. The summed E-state index contributed by atoms with van der Waals surface area (Å²) < 4.78 is 5.47. The summed E-state index contributed by atoms with van der Waals surface area (Å²) >= 11 is 1.80. The van der Waals surface area contributed by atoms with Crippen molar-refractivity contribution in [1.29, 1.82) is 0 Å². The summed E-state index contributed by atoms with van der Waals surface area (Å²) in [6.07, 6.45) is 3.42. The standard InChI is InChI=1S/C21H30N2O3S/c1-5-7-8-17-18(20(24)26-14(3)4)19(23-21(25)22-17)15-9-11-16(12-10-15)27-13-6-2/h9-12,14,19H,5-8,13H2,1-4H3,(H2,22,23,25). The Bertz CT molecular complexity index is 683. The minimum absolute atomic E-state index is 0.219. The van der Waals surface area contributed by atoms with Crippen molar-refractivity contribution in [2.24, 2.45) is 0 Å². The summed E-state index contributed by atoms with van der Waals surface area (Å²) in [6.45, 7) is 7.89. The Morgan fingerprint density at radius 3 is 2.48 bits per heavy atom. The molecule has 2 N–H and O–H groups in total. The number of carbonyl (C=O) groups is 2. The zero-order valence-corrected chi connectivity index (χ0v) is 17.4. The maximum Gasteiger partial charge on any atom is 0.338 e. The van der Waals surface area contributed by atoms with Gasteiger partial charge in [-0.1, -0.05) is 32.4 Å². The van der Waals surface area contributed by atoms with Gasteiger partial charge in [0.2, 0.25) is 0 Å². The first-order valence-corrected chi connectivity index (χ1v) is 10.7. The molecule has 1 atom stereocenters. The van der Waals surface area contributed by atoms with Crippen LogP contribution in [-0.4, -0.2) is 23.9 Å². The second-order valence-corrected chi connectivity index (χ2v) is 8.07. The molecule has 0 spiro atoms. The van der Waals surface area contributed by atoms with Gasteiger partial charge in [-0.2, -0.15) is 0 Å². The van der Waals surface area contributed by atoms with Gasteiger partial charge in [0.1, 0.15) is 0 Å². The van der Waals surface area contributed by atoms with Gasteiger partial charge >= 0.3 is 12.0 Å². The van der Waals surface area contributed by atoms with Gasteiger partial charge in [0.25, 0.3) is 0 Å². The van der Waals surface area contributed by atoms with Crippen LogP contribution in [0, 0.1) is 0 Å². The largest absolute Gasteiger partial charge is 0.459 e. The van der Waals surface area contributed by atoms with Gasteiger partial charge < -0.3 is 15.4 Å². The van der Waals surface area contributed by atoms with E-state index in [0.717, 1.165) is 30.6 Å². The monoisotopic (exact) mass is 390 g/mol. The lowest BCUT2D eigenvalue weighted by Crippen LogP contribution is -2.46. The molecule has 0 aromatic heterocycles. The van der Waals surface area contributed by atoms with Crippen molar-refractivity contribution >= 4 is 23.8 Å². The molecule has 0 radical (unpaired) electrons. The smallest absolute Gasteiger partial charge is 0.338 e. The van der Waals surface area contributed by atoms with Gasteiger partial charge in [0.15, 0.2) is 0 Å². The average Bonchev–Trinajstić information content (AvgIpc) is 2.63. The molecule has 1 aromatic carbocycles. The number of nitrogens with one attached hydrogen (secondary N) is 2. The summed E-state index contributed by atoms with van der Waals surface area (Å²) in [5.74, 6) is 0.689. The number of urea groups is 1. The Balaban J connectivity index is 2.37. The molecule has 5 nitrogen and oxygen atoms in total. The number of allylic oxidation sites excluding steroid dienone is 1. The number of hydrogen-bond donors (Lipinski definition) is 2. The minimum atomic E-state index is -0.498. The van der Waals surface area contributed by atoms with Crippen molar-refractivity contribution < 1.29 is 14.3 Å². The van der Waals surface area contributed by atoms with Crippen molar-refractivity contribution in [2.75, 3.05) is 5.75 Å². The van der Waals surface area contributed by atoms with Crippen LogP contribution in [0.1, 0.15) is 65.0 Å². The second-order valence-electron chi connectivity index (χ2n) is 6.90. The SMILES string of the molecule is CCCCC1=C(C(=O)OC(C)C)C(c2ccc(SCCC)cc2)NC(=O)N1. The van der Waals surface area contributed by atoms with Crippen LogP contribution in [0.15, 0.2) is 40.4 Å². The molecule has 1 aromatic rings. The Labute approximate surface area is 166 Å². The summed E-state index contributed by atoms with van der Waals surface area (Å²) in [5.41, 5.74) is 2.06. The number of carbonyl (C=O) groups excluding carboxylic acids is 2. The fraction of sp³-hybridized carbons (Fsp3) is 0.524. The first kappa shape index (κ1) is 21.4. The van der Waals surface area contributed by atoms with E-state index >= 15 is 0 Å². The first-order valence-electron chi connectivity index (χ1n) is 9.70. The maximum absolute atomic E-state index is 12.8. The molecule has 0 bridgehead atoms. The van der Waals surface area contributed by atoms with Gasteiger partial charge in [-0.3, -0.25) is 0 Å². The molecule has 2 amide bonds.